The van der Waals surface area contributed by atoms with E-state index in [1.165, 1.54) is 6.92 Å². The zero-order valence-electron chi connectivity index (χ0n) is 14.8. The summed E-state index contributed by atoms with van der Waals surface area (Å²) in [5.41, 5.74) is 0.297. The molecule has 3 nitrogen and oxygen atoms in total. The Morgan fingerprint density at radius 2 is 1.16 bits per heavy atom. The maximum atomic E-state index is 13.7. The molecule has 1 rings (SSSR count). The topological polar surface area (TPSA) is 42.0 Å². The summed E-state index contributed by atoms with van der Waals surface area (Å²) in [5, 5.41) is -5.92. The quantitative estimate of drug-likeness (QED) is 0.339. The van der Waals surface area contributed by atoms with Crippen LogP contribution in [0, 0.1) is 6.92 Å². The fourth-order valence-electron chi connectivity index (χ4n) is 1.85. The third-order valence-electron chi connectivity index (χ3n) is 3.77. The summed E-state index contributed by atoms with van der Waals surface area (Å²) in [6.07, 6.45) is 0.823. The number of hydrogen-bond acceptors (Lipinski definition) is 2. The first-order valence-corrected chi connectivity index (χ1v) is 7.85. The second-order valence-electron chi connectivity index (χ2n) is 6.12. The predicted octanol–water partition coefficient (Wildman–Crippen LogP) is 5.97. The van der Waals surface area contributed by atoms with Crippen LogP contribution in [-0.2, 0) is 4.79 Å². The molecule has 0 unspecified atom stereocenters. The van der Waals surface area contributed by atoms with E-state index in [0.29, 0.717) is 11.6 Å². The Morgan fingerprint density at radius 3 is 1.53 bits per heavy atom. The minimum atomic E-state index is -8.29. The molecule has 0 aliphatic rings. The molecule has 0 bridgehead atoms. The van der Waals surface area contributed by atoms with Crippen LogP contribution in [0.5, 0.6) is 0 Å². The molecule has 1 heterocycles. The molecule has 0 fully saturated rings. The van der Waals surface area contributed by atoms with E-state index in [2.05, 4.69) is 16.6 Å². The van der Waals surface area contributed by atoms with Crippen molar-refractivity contribution in [1.82, 2.24) is 4.98 Å². The first-order valence-electron chi connectivity index (χ1n) is 7.47. The number of nitrogens with one attached hydrogen (secondary N) is 1. The average Bonchev–Trinajstić information content (AvgIpc) is 2.61. The summed E-state index contributed by atoms with van der Waals surface area (Å²) in [4.78, 5) is 14.5. The van der Waals surface area contributed by atoms with Crippen LogP contribution in [0.1, 0.15) is 5.56 Å². The standard InChI is InChI=1S/C14H7ClF14N2O/c1-5-2-3-6(30-4-5)31-7(32)8(16,17)9(18,19)10(20,21)11(22,23)12(24,25)13(26,27)14(15,28)29/h2-4H,1H3,(H,30,31,32). The molecule has 1 aromatic heterocycles. The van der Waals surface area contributed by atoms with Gasteiger partial charge in [0.2, 0.25) is 0 Å². The minimum absolute atomic E-state index is 0.297. The summed E-state index contributed by atoms with van der Waals surface area (Å²) in [5.74, 6) is -51.6. The molecule has 0 saturated heterocycles. The minimum Gasteiger partial charge on any atom is -0.305 e. The summed E-state index contributed by atoms with van der Waals surface area (Å²) >= 11 is 3.47. The van der Waals surface area contributed by atoms with Crippen molar-refractivity contribution in [2.45, 2.75) is 47.8 Å². The van der Waals surface area contributed by atoms with Gasteiger partial charge in [0, 0.05) is 6.20 Å². The number of carbonyl (C=O) groups is 1. The van der Waals surface area contributed by atoms with Gasteiger partial charge in [-0.2, -0.15) is 61.5 Å². The number of aryl methyl sites for hydroxylation is 1. The average molecular weight is 521 g/mol. The van der Waals surface area contributed by atoms with Gasteiger partial charge in [-0.15, -0.1) is 0 Å². The fourth-order valence-corrected chi connectivity index (χ4v) is 1.96. The van der Waals surface area contributed by atoms with E-state index in [1.807, 2.05) is 0 Å². The lowest BCUT2D eigenvalue weighted by Crippen LogP contribution is -2.73. The molecular formula is C14H7ClF14N2O. The van der Waals surface area contributed by atoms with Crippen LogP contribution in [0.4, 0.5) is 67.3 Å². The Balaban J connectivity index is 3.47. The van der Waals surface area contributed by atoms with Crippen molar-refractivity contribution in [3.05, 3.63) is 23.9 Å². The fraction of sp³-hybridized carbons (Fsp3) is 0.571. The largest absolute Gasteiger partial charge is 0.393 e. The lowest BCUT2D eigenvalue weighted by Gasteiger charge is -2.41. The monoisotopic (exact) mass is 520 g/mol. The molecule has 0 spiro atoms. The van der Waals surface area contributed by atoms with Crippen LogP contribution < -0.4 is 5.32 Å². The highest BCUT2D eigenvalue weighted by atomic mass is 35.5. The van der Waals surface area contributed by atoms with Crippen LogP contribution in [0.2, 0.25) is 0 Å². The molecule has 0 aromatic carbocycles. The van der Waals surface area contributed by atoms with Gasteiger partial charge in [-0.1, -0.05) is 6.07 Å². The number of hydrogen-bond donors (Lipinski definition) is 1. The lowest BCUT2D eigenvalue weighted by molar-refractivity contribution is -0.431. The van der Waals surface area contributed by atoms with Crippen molar-refractivity contribution in [3.8, 4) is 0 Å². The van der Waals surface area contributed by atoms with Gasteiger partial charge in [-0.05, 0) is 30.2 Å². The van der Waals surface area contributed by atoms with E-state index in [1.54, 1.807) is 0 Å². The third-order valence-corrected chi connectivity index (χ3v) is 4.00. The number of alkyl halides is 15. The number of amides is 1. The highest BCUT2D eigenvalue weighted by Gasteiger charge is 2.93. The van der Waals surface area contributed by atoms with Crippen LogP contribution in [-0.4, -0.2) is 51.8 Å². The number of anilines is 1. The van der Waals surface area contributed by atoms with Crippen LogP contribution in [0.15, 0.2) is 18.3 Å². The second-order valence-corrected chi connectivity index (χ2v) is 6.59. The molecular weight excluding hydrogens is 514 g/mol. The van der Waals surface area contributed by atoms with Gasteiger partial charge in [0.25, 0.3) is 0 Å². The van der Waals surface area contributed by atoms with Gasteiger partial charge in [0.05, 0.1) is 0 Å². The summed E-state index contributed by atoms with van der Waals surface area (Å²) in [6.45, 7) is 1.35. The zero-order chi connectivity index (χ0) is 25.8. The molecule has 1 aromatic rings. The molecule has 1 amide bonds. The molecule has 0 aliphatic heterocycles. The van der Waals surface area contributed by atoms with Crippen LogP contribution >= 0.6 is 11.6 Å². The van der Waals surface area contributed by atoms with Crippen molar-refractivity contribution in [2.75, 3.05) is 5.32 Å². The van der Waals surface area contributed by atoms with Gasteiger partial charge in [-0.25, -0.2) is 4.98 Å². The molecule has 0 aliphatic carbocycles. The Hall–Kier alpha value is -2.07. The normalized spacial score (nSPS) is 15.0. The van der Waals surface area contributed by atoms with E-state index >= 15 is 0 Å². The first-order chi connectivity index (χ1) is 13.9. The van der Waals surface area contributed by atoms with E-state index in [9.17, 15) is 66.3 Å². The Bertz CT molecular complexity index is 850. The van der Waals surface area contributed by atoms with Crippen LogP contribution in [0.3, 0.4) is 0 Å². The van der Waals surface area contributed by atoms with Crippen molar-refractivity contribution in [1.29, 1.82) is 0 Å². The van der Waals surface area contributed by atoms with Gasteiger partial charge >= 0.3 is 46.8 Å². The molecule has 32 heavy (non-hydrogen) atoms. The SMILES string of the molecule is Cc1ccc(NC(=O)C(F)(F)C(F)(F)C(F)(F)C(F)(F)C(F)(F)C(F)(F)C(F)(F)Cl)nc1. The lowest BCUT2D eigenvalue weighted by atomic mass is 9.91. The third kappa shape index (κ3) is 3.91. The number of carbonyl (C=O) groups excluding carboxylic acids is 1. The van der Waals surface area contributed by atoms with E-state index in [0.717, 1.165) is 17.6 Å². The highest BCUT2D eigenvalue weighted by Crippen LogP contribution is 2.62. The van der Waals surface area contributed by atoms with E-state index in [-0.39, 0.29) is 0 Å². The Kier molecular flexibility index (Phi) is 6.78. The summed E-state index contributed by atoms with van der Waals surface area (Å²) in [7, 11) is 0. The maximum Gasteiger partial charge on any atom is 0.393 e. The predicted molar refractivity (Wildman–Crippen MR) is 78.1 cm³/mol. The number of aromatic nitrogens is 1. The summed E-state index contributed by atoms with van der Waals surface area (Å²) in [6, 6.07) is 1.65. The molecule has 18 heteroatoms. The number of halogens is 15. The van der Waals surface area contributed by atoms with Crippen molar-refractivity contribution >= 4 is 23.3 Å². The molecule has 0 atom stereocenters. The Morgan fingerprint density at radius 1 is 0.750 bits per heavy atom. The van der Waals surface area contributed by atoms with Crippen molar-refractivity contribution < 1.29 is 66.3 Å². The highest BCUT2D eigenvalue weighted by molar-refractivity contribution is 6.22. The van der Waals surface area contributed by atoms with E-state index in [4.69, 9.17) is 0 Å². The zero-order valence-corrected chi connectivity index (χ0v) is 15.5. The van der Waals surface area contributed by atoms with Crippen molar-refractivity contribution in [3.63, 3.8) is 0 Å². The second kappa shape index (κ2) is 7.76. The number of rotatable bonds is 8. The van der Waals surface area contributed by atoms with Crippen LogP contribution in [0.25, 0.3) is 0 Å². The maximum absolute atomic E-state index is 13.7. The molecule has 1 N–H and O–H groups in total. The van der Waals surface area contributed by atoms with Gasteiger partial charge in [0.15, 0.2) is 0 Å². The Labute approximate surface area is 172 Å². The van der Waals surface area contributed by atoms with Crippen molar-refractivity contribution in [2.24, 2.45) is 0 Å². The molecule has 0 saturated carbocycles. The molecule has 0 radical (unpaired) electrons. The number of nitrogens with zero attached hydrogens (tertiary/aromatic N) is 1. The van der Waals surface area contributed by atoms with E-state index < -0.39 is 52.6 Å². The summed E-state index contributed by atoms with van der Waals surface area (Å²) < 4.78 is 186. The molecule has 184 valence electrons. The van der Waals surface area contributed by atoms with Gasteiger partial charge < -0.3 is 5.32 Å². The smallest absolute Gasteiger partial charge is 0.305 e. The first kappa shape index (κ1) is 28.0. The van der Waals surface area contributed by atoms with Gasteiger partial charge in [0.1, 0.15) is 5.82 Å². The number of pyridine rings is 1. The van der Waals surface area contributed by atoms with Gasteiger partial charge in [-0.3, -0.25) is 4.79 Å².